The molecule has 0 N–H and O–H groups in total. The van der Waals surface area contributed by atoms with Crippen molar-refractivity contribution in [2.45, 2.75) is 6.61 Å². The number of halogens is 1. The van der Waals surface area contributed by atoms with Crippen LogP contribution in [0.15, 0.2) is 53.7 Å². The molecule has 0 fully saturated rings. The van der Waals surface area contributed by atoms with Gasteiger partial charge in [0.25, 0.3) is 0 Å². The van der Waals surface area contributed by atoms with Crippen LogP contribution in [0.25, 0.3) is 0 Å². The highest BCUT2D eigenvalue weighted by Gasteiger charge is 2.03. The summed E-state index contributed by atoms with van der Waals surface area (Å²) in [5, 5.41) is 4.52. The lowest BCUT2D eigenvalue weighted by Gasteiger charge is -2.02. The van der Waals surface area contributed by atoms with Crippen LogP contribution in [0, 0.1) is 0 Å². The van der Waals surface area contributed by atoms with Crippen LogP contribution in [0.1, 0.15) is 21.5 Å². The summed E-state index contributed by atoms with van der Waals surface area (Å²) in [6.07, 6.45) is 1.57. The topological polar surface area (TPSA) is 47.9 Å². The quantitative estimate of drug-likeness (QED) is 0.481. The van der Waals surface area contributed by atoms with Crippen LogP contribution in [0.5, 0.6) is 0 Å². The summed E-state index contributed by atoms with van der Waals surface area (Å²) in [5.74, 6) is -0.367. The molecule has 108 valence electrons. The maximum Gasteiger partial charge on any atom is 0.337 e. The Morgan fingerprint density at radius 2 is 1.90 bits per heavy atom. The predicted molar refractivity (Wildman–Crippen MR) is 81.6 cm³/mol. The number of benzene rings is 2. The van der Waals surface area contributed by atoms with Gasteiger partial charge in [-0.3, -0.25) is 0 Å². The number of carbonyl (C=O) groups is 1. The number of methoxy groups -OCH3 is 1. The van der Waals surface area contributed by atoms with Crippen molar-refractivity contribution < 1.29 is 14.4 Å². The molecule has 0 bridgehead atoms. The fourth-order valence-electron chi connectivity index (χ4n) is 1.64. The van der Waals surface area contributed by atoms with Crippen LogP contribution in [0.4, 0.5) is 0 Å². The maximum atomic E-state index is 11.3. The van der Waals surface area contributed by atoms with Crippen molar-refractivity contribution in [3.05, 3.63) is 70.2 Å². The lowest BCUT2D eigenvalue weighted by atomic mass is 10.1. The molecule has 0 atom stereocenters. The number of esters is 1. The molecule has 4 nitrogen and oxygen atoms in total. The molecule has 0 saturated heterocycles. The average molecular weight is 304 g/mol. The summed E-state index contributed by atoms with van der Waals surface area (Å²) >= 11 is 6.01. The van der Waals surface area contributed by atoms with Crippen molar-refractivity contribution in [1.29, 1.82) is 0 Å². The summed E-state index contributed by atoms with van der Waals surface area (Å²) in [6, 6.07) is 14.3. The van der Waals surface area contributed by atoms with Gasteiger partial charge in [-0.15, -0.1) is 0 Å². The molecule has 2 rings (SSSR count). The first-order chi connectivity index (χ1) is 10.2. The van der Waals surface area contributed by atoms with Crippen molar-refractivity contribution in [2.75, 3.05) is 7.11 Å². The Bertz CT molecular complexity index is 638. The number of rotatable bonds is 5. The van der Waals surface area contributed by atoms with Crippen LogP contribution in [-0.2, 0) is 16.2 Å². The van der Waals surface area contributed by atoms with E-state index in [1.165, 1.54) is 7.11 Å². The van der Waals surface area contributed by atoms with Gasteiger partial charge in [0.2, 0.25) is 0 Å². The molecule has 0 radical (unpaired) electrons. The maximum absolute atomic E-state index is 11.3. The second-order valence-corrected chi connectivity index (χ2v) is 4.62. The molecule has 0 aliphatic rings. The third-order valence-corrected chi connectivity index (χ3v) is 3.15. The Morgan fingerprint density at radius 3 is 2.57 bits per heavy atom. The van der Waals surface area contributed by atoms with Gasteiger partial charge in [-0.05, 0) is 23.8 Å². The third kappa shape index (κ3) is 4.33. The highest BCUT2D eigenvalue weighted by molar-refractivity contribution is 6.31. The van der Waals surface area contributed by atoms with Crippen LogP contribution < -0.4 is 0 Å². The SMILES string of the molecule is COC(=O)c1ccc(/C=N\OCc2ccccc2Cl)cc1. The number of nitrogens with zero attached hydrogens (tertiary/aromatic N) is 1. The summed E-state index contributed by atoms with van der Waals surface area (Å²) in [7, 11) is 1.35. The van der Waals surface area contributed by atoms with Crippen molar-refractivity contribution >= 4 is 23.8 Å². The summed E-state index contributed by atoms with van der Waals surface area (Å²) in [5.41, 5.74) is 2.19. The van der Waals surface area contributed by atoms with Gasteiger partial charge in [0.05, 0.1) is 18.9 Å². The highest BCUT2D eigenvalue weighted by atomic mass is 35.5. The molecular weight excluding hydrogens is 290 g/mol. The number of ether oxygens (including phenoxy) is 1. The molecule has 5 heteroatoms. The molecule has 0 saturated carbocycles. The lowest BCUT2D eigenvalue weighted by molar-refractivity contribution is 0.0601. The molecular formula is C16H14ClNO3. The second-order valence-electron chi connectivity index (χ2n) is 4.21. The fraction of sp³-hybridized carbons (Fsp3) is 0.125. The predicted octanol–water partition coefficient (Wildman–Crippen LogP) is 3.68. The Hall–Kier alpha value is -2.33. The minimum absolute atomic E-state index is 0.302. The van der Waals surface area contributed by atoms with Crippen LogP contribution in [0.2, 0.25) is 5.02 Å². The number of hydrogen-bond donors (Lipinski definition) is 0. The Kier molecular flexibility index (Phi) is 5.35. The zero-order valence-corrected chi connectivity index (χ0v) is 12.2. The molecule has 0 aliphatic heterocycles. The molecule has 0 aromatic heterocycles. The summed E-state index contributed by atoms with van der Waals surface area (Å²) in [4.78, 5) is 16.5. The van der Waals surface area contributed by atoms with Crippen molar-refractivity contribution in [2.24, 2.45) is 5.16 Å². The number of oxime groups is 1. The van der Waals surface area contributed by atoms with E-state index in [-0.39, 0.29) is 5.97 Å². The minimum Gasteiger partial charge on any atom is -0.465 e. The summed E-state index contributed by atoms with van der Waals surface area (Å²) in [6.45, 7) is 0.302. The molecule has 0 heterocycles. The molecule has 21 heavy (non-hydrogen) atoms. The summed E-state index contributed by atoms with van der Waals surface area (Å²) < 4.78 is 4.63. The van der Waals surface area contributed by atoms with E-state index in [2.05, 4.69) is 9.89 Å². The minimum atomic E-state index is -0.367. The zero-order chi connectivity index (χ0) is 15.1. The largest absolute Gasteiger partial charge is 0.465 e. The van der Waals surface area contributed by atoms with E-state index in [1.807, 2.05) is 18.2 Å². The van der Waals surface area contributed by atoms with E-state index >= 15 is 0 Å². The lowest BCUT2D eigenvalue weighted by Crippen LogP contribution is -2.00. The van der Waals surface area contributed by atoms with Gasteiger partial charge in [0, 0.05) is 10.6 Å². The van der Waals surface area contributed by atoms with E-state index in [0.717, 1.165) is 11.1 Å². The number of hydrogen-bond acceptors (Lipinski definition) is 4. The Morgan fingerprint density at radius 1 is 1.19 bits per heavy atom. The Balaban J connectivity index is 1.90. The number of carbonyl (C=O) groups excluding carboxylic acids is 1. The van der Waals surface area contributed by atoms with Crippen molar-refractivity contribution in [1.82, 2.24) is 0 Å². The molecule has 2 aromatic carbocycles. The fourth-order valence-corrected chi connectivity index (χ4v) is 1.83. The third-order valence-electron chi connectivity index (χ3n) is 2.79. The van der Waals surface area contributed by atoms with Gasteiger partial charge in [0.15, 0.2) is 0 Å². The molecule has 2 aromatic rings. The van der Waals surface area contributed by atoms with E-state index in [4.69, 9.17) is 16.4 Å². The average Bonchev–Trinajstić information content (AvgIpc) is 2.53. The van der Waals surface area contributed by atoms with Crippen LogP contribution in [-0.4, -0.2) is 19.3 Å². The smallest absolute Gasteiger partial charge is 0.337 e. The molecule has 0 spiro atoms. The van der Waals surface area contributed by atoms with Gasteiger partial charge in [0.1, 0.15) is 6.61 Å². The van der Waals surface area contributed by atoms with E-state index in [1.54, 1.807) is 36.5 Å². The van der Waals surface area contributed by atoms with Crippen molar-refractivity contribution in [3.8, 4) is 0 Å². The first-order valence-electron chi connectivity index (χ1n) is 6.28. The molecule has 0 aliphatic carbocycles. The van der Waals surface area contributed by atoms with Gasteiger partial charge >= 0.3 is 5.97 Å². The van der Waals surface area contributed by atoms with E-state index < -0.39 is 0 Å². The van der Waals surface area contributed by atoms with Gasteiger partial charge in [-0.2, -0.15) is 0 Å². The highest BCUT2D eigenvalue weighted by Crippen LogP contribution is 2.15. The molecule has 0 amide bonds. The standard InChI is InChI=1S/C16H14ClNO3/c1-20-16(19)13-8-6-12(7-9-13)10-18-21-11-14-4-2-3-5-15(14)17/h2-10H,11H2,1H3/b18-10-. The second kappa shape index (κ2) is 7.45. The van der Waals surface area contributed by atoms with Gasteiger partial charge in [-0.25, -0.2) is 4.79 Å². The zero-order valence-electron chi connectivity index (χ0n) is 11.5. The first kappa shape index (κ1) is 15.1. The normalized spacial score (nSPS) is 10.6. The molecule has 0 unspecified atom stereocenters. The van der Waals surface area contributed by atoms with Gasteiger partial charge in [-0.1, -0.05) is 47.1 Å². The Labute approximate surface area is 127 Å². The van der Waals surface area contributed by atoms with E-state index in [9.17, 15) is 4.79 Å². The van der Waals surface area contributed by atoms with Crippen LogP contribution >= 0.6 is 11.6 Å². The van der Waals surface area contributed by atoms with Gasteiger partial charge < -0.3 is 9.57 Å². The monoisotopic (exact) mass is 303 g/mol. The van der Waals surface area contributed by atoms with E-state index in [0.29, 0.717) is 17.2 Å². The van der Waals surface area contributed by atoms with Crippen LogP contribution in [0.3, 0.4) is 0 Å². The first-order valence-corrected chi connectivity index (χ1v) is 6.65. The van der Waals surface area contributed by atoms with Crippen molar-refractivity contribution in [3.63, 3.8) is 0 Å².